The van der Waals surface area contributed by atoms with Gasteiger partial charge in [-0.2, -0.15) is 0 Å². The monoisotopic (exact) mass is 260 g/mol. The van der Waals surface area contributed by atoms with Crippen LogP contribution in [-0.2, 0) is 6.54 Å². The molecule has 0 fully saturated rings. The molecule has 0 N–H and O–H groups in total. The van der Waals surface area contributed by atoms with Crippen LogP contribution in [0.2, 0.25) is 0 Å². The lowest BCUT2D eigenvalue weighted by molar-refractivity contribution is 0.112. The molecule has 0 radical (unpaired) electrons. The minimum Gasteiger partial charge on any atom is -0.347 e. The molecule has 4 heteroatoms. The molecular formula is C14H16N2OS. The van der Waals surface area contributed by atoms with Crippen molar-refractivity contribution in [1.82, 2.24) is 4.98 Å². The molecule has 0 aliphatic heterocycles. The van der Waals surface area contributed by atoms with Gasteiger partial charge in [-0.05, 0) is 19.4 Å². The van der Waals surface area contributed by atoms with E-state index in [1.54, 1.807) is 0 Å². The zero-order valence-electron chi connectivity index (χ0n) is 10.8. The molecule has 0 aliphatic rings. The molecule has 2 aromatic rings. The van der Waals surface area contributed by atoms with Crippen LogP contribution in [0, 0.1) is 13.8 Å². The maximum absolute atomic E-state index is 10.8. The van der Waals surface area contributed by atoms with Crippen LogP contribution in [-0.4, -0.2) is 18.3 Å². The highest BCUT2D eigenvalue weighted by atomic mass is 32.1. The Hall–Kier alpha value is -1.68. The highest BCUT2D eigenvalue weighted by Gasteiger charge is 2.10. The summed E-state index contributed by atoms with van der Waals surface area (Å²) in [7, 11) is 2.00. The molecule has 0 aliphatic carbocycles. The fraction of sp³-hybridized carbons (Fsp3) is 0.286. The molecule has 0 unspecified atom stereocenters. The van der Waals surface area contributed by atoms with Crippen LogP contribution in [0.1, 0.15) is 26.5 Å². The lowest BCUT2D eigenvalue weighted by atomic mass is 10.1. The van der Waals surface area contributed by atoms with Crippen molar-refractivity contribution in [1.29, 1.82) is 0 Å². The first kappa shape index (κ1) is 12.8. The van der Waals surface area contributed by atoms with Gasteiger partial charge in [0, 0.05) is 13.6 Å². The first-order chi connectivity index (χ1) is 8.60. The van der Waals surface area contributed by atoms with Gasteiger partial charge >= 0.3 is 0 Å². The summed E-state index contributed by atoms with van der Waals surface area (Å²) in [6.45, 7) is 4.75. The summed E-state index contributed by atoms with van der Waals surface area (Å²) in [5.41, 5.74) is 3.31. The van der Waals surface area contributed by atoms with Crippen molar-refractivity contribution in [2.75, 3.05) is 11.9 Å². The molecule has 0 saturated carbocycles. The number of carbonyl (C=O) groups is 1. The Bertz CT molecular complexity index is 563. The number of benzene rings is 1. The van der Waals surface area contributed by atoms with Gasteiger partial charge in [-0.15, -0.1) is 0 Å². The average molecular weight is 260 g/mol. The van der Waals surface area contributed by atoms with Crippen LogP contribution in [0.5, 0.6) is 0 Å². The summed E-state index contributed by atoms with van der Waals surface area (Å²) in [6, 6.07) is 8.41. The third-order valence-corrected chi connectivity index (χ3v) is 3.95. The molecule has 1 aromatic heterocycles. The quantitative estimate of drug-likeness (QED) is 0.791. The number of thiazole rings is 1. The largest absolute Gasteiger partial charge is 0.347 e. The van der Waals surface area contributed by atoms with Crippen LogP contribution in [0.3, 0.4) is 0 Å². The second-order valence-corrected chi connectivity index (χ2v) is 5.42. The molecule has 18 heavy (non-hydrogen) atoms. The van der Waals surface area contributed by atoms with E-state index in [0.29, 0.717) is 4.88 Å². The van der Waals surface area contributed by atoms with Crippen LogP contribution in [0.25, 0.3) is 0 Å². The Balaban J connectivity index is 2.16. The maximum atomic E-state index is 10.8. The SMILES string of the molecule is Cc1cccc(CN(C)c2nc(C)c(C=O)s2)c1. The van der Waals surface area contributed by atoms with Gasteiger partial charge in [0.25, 0.3) is 0 Å². The molecule has 94 valence electrons. The lowest BCUT2D eigenvalue weighted by Crippen LogP contribution is -2.16. The predicted molar refractivity (Wildman–Crippen MR) is 75.5 cm³/mol. The van der Waals surface area contributed by atoms with Gasteiger partial charge in [0.05, 0.1) is 10.6 Å². The highest BCUT2D eigenvalue weighted by molar-refractivity contribution is 7.17. The summed E-state index contributed by atoms with van der Waals surface area (Å²) in [5.74, 6) is 0. The molecule has 3 nitrogen and oxygen atoms in total. The smallest absolute Gasteiger partial charge is 0.186 e. The van der Waals surface area contributed by atoms with E-state index in [2.05, 4.69) is 41.1 Å². The van der Waals surface area contributed by atoms with Gasteiger partial charge in [-0.3, -0.25) is 4.79 Å². The maximum Gasteiger partial charge on any atom is 0.186 e. The van der Waals surface area contributed by atoms with E-state index in [1.807, 2.05) is 14.0 Å². The van der Waals surface area contributed by atoms with Crippen molar-refractivity contribution in [3.8, 4) is 0 Å². The van der Waals surface area contributed by atoms with E-state index >= 15 is 0 Å². The van der Waals surface area contributed by atoms with Gasteiger partial charge in [0.2, 0.25) is 0 Å². The number of carbonyl (C=O) groups excluding carboxylic acids is 1. The van der Waals surface area contributed by atoms with Gasteiger partial charge < -0.3 is 4.90 Å². The number of hydrogen-bond acceptors (Lipinski definition) is 4. The molecule has 0 saturated heterocycles. The Morgan fingerprint density at radius 1 is 1.39 bits per heavy atom. The summed E-state index contributed by atoms with van der Waals surface area (Å²) < 4.78 is 0. The van der Waals surface area contributed by atoms with Crippen LogP contribution < -0.4 is 4.90 Å². The van der Waals surface area contributed by atoms with Gasteiger partial charge in [0.15, 0.2) is 11.4 Å². The number of aldehydes is 1. The van der Waals surface area contributed by atoms with E-state index in [9.17, 15) is 4.79 Å². The van der Waals surface area contributed by atoms with Crippen LogP contribution >= 0.6 is 11.3 Å². The number of nitrogens with zero attached hydrogens (tertiary/aromatic N) is 2. The molecule has 1 heterocycles. The standard InChI is InChI=1S/C14H16N2OS/c1-10-5-4-6-12(7-10)8-16(3)14-15-11(2)13(9-17)18-14/h4-7,9H,8H2,1-3H3. The fourth-order valence-electron chi connectivity index (χ4n) is 1.82. The van der Waals surface area contributed by atoms with Crippen molar-refractivity contribution in [3.05, 3.63) is 46.0 Å². The molecule has 0 spiro atoms. The minimum atomic E-state index is 0.709. The van der Waals surface area contributed by atoms with Gasteiger partial charge in [0.1, 0.15) is 0 Å². The summed E-state index contributed by atoms with van der Waals surface area (Å²) in [4.78, 5) is 18.0. The van der Waals surface area contributed by atoms with E-state index in [0.717, 1.165) is 23.7 Å². The van der Waals surface area contributed by atoms with Crippen molar-refractivity contribution in [2.24, 2.45) is 0 Å². The number of aromatic nitrogens is 1. The molecule has 0 bridgehead atoms. The van der Waals surface area contributed by atoms with Gasteiger partial charge in [-0.25, -0.2) is 4.98 Å². The third-order valence-electron chi connectivity index (χ3n) is 2.76. The number of anilines is 1. The Kier molecular flexibility index (Phi) is 3.77. The van der Waals surface area contributed by atoms with Gasteiger partial charge in [-0.1, -0.05) is 41.2 Å². The fourth-order valence-corrected chi connectivity index (χ4v) is 2.66. The molecule has 0 amide bonds. The number of hydrogen-bond donors (Lipinski definition) is 0. The van der Waals surface area contributed by atoms with Crippen LogP contribution in [0.15, 0.2) is 24.3 Å². The number of aryl methyl sites for hydroxylation is 2. The van der Waals surface area contributed by atoms with Crippen LogP contribution in [0.4, 0.5) is 5.13 Å². The molecule has 0 atom stereocenters. The Morgan fingerprint density at radius 2 is 2.17 bits per heavy atom. The average Bonchev–Trinajstić information content (AvgIpc) is 2.70. The summed E-state index contributed by atoms with van der Waals surface area (Å²) in [6.07, 6.45) is 0.872. The first-order valence-corrected chi connectivity index (χ1v) is 6.61. The van der Waals surface area contributed by atoms with E-state index in [-0.39, 0.29) is 0 Å². The second kappa shape index (κ2) is 5.31. The Labute approximate surface area is 111 Å². The molecule has 2 rings (SSSR count). The molecular weight excluding hydrogens is 244 g/mol. The van der Waals surface area contributed by atoms with Crippen molar-refractivity contribution in [2.45, 2.75) is 20.4 Å². The second-order valence-electron chi connectivity index (χ2n) is 4.41. The van der Waals surface area contributed by atoms with Crippen molar-refractivity contribution < 1.29 is 4.79 Å². The van der Waals surface area contributed by atoms with Crippen molar-refractivity contribution in [3.63, 3.8) is 0 Å². The normalized spacial score (nSPS) is 10.4. The van der Waals surface area contributed by atoms with E-state index in [1.165, 1.54) is 22.5 Å². The lowest BCUT2D eigenvalue weighted by Gasteiger charge is -2.15. The number of rotatable bonds is 4. The van der Waals surface area contributed by atoms with E-state index < -0.39 is 0 Å². The Morgan fingerprint density at radius 3 is 2.78 bits per heavy atom. The molecule has 1 aromatic carbocycles. The van der Waals surface area contributed by atoms with Crippen molar-refractivity contribution >= 4 is 22.8 Å². The highest BCUT2D eigenvalue weighted by Crippen LogP contribution is 2.25. The third kappa shape index (κ3) is 2.76. The first-order valence-electron chi connectivity index (χ1n) is 5.79. The predicted octanol–water partition coefficient (Wildman–Crippen LogP) is 3.21. The summed E-state index contributed by atoms with van der Waals surface area (Å²) in [5, 5.41) is 0.885. The summed E-state index contributed by atoms with van der Waals surface area (Å²) >= 11 is 1.44. The minimum absolute atomic E-state index is 0.709. The topological polar surface area (TPSA) is 33.2 Å². The van der Waals surface area contributed by atoms with E-state index in [4.69, 9.17) is 0 Å². The zero-order valence-corrected chi connectivity index (χ0v) is 11.6. The zero-order chi connectivity index (χ0) is 13.1.